The lowest BCUT2D eigenvalue weighted by Crippen LogP contribution is -2.41. The second-order valence-corrected chi connectivity index (χ2v) is 4.72. The van der Waals surface area contributed by atoms with Crippen molar-refractivity contribution in [3.8, 4) is 5.75 Å². The number of amides is 1. The van der Waals surface area contributed by atoms with Crippen LogP contribution in [0.15, 0.2) is 24.3 Å². The molecule has 0 heterocycles. The molecule has 100 valence electrons. The number of phenols is 1. The summed E-state index contributed by atoms with van der Waals surface area (Å²) in [5, 5.41) is 9.93. The molecular formula is C14H22N2O2. The zero-order valence-corrected chi connectivity index (χ0v) is 11.3. The van der Waals surface area contributed by atoms with E-state index in [1.807, 2.05) is 37.8 Å². The molecule has 3 N–H and O–H groups in total. The molecule has 0 spiro atoms. The Balaban J connectivity index is 3.06. The van der Waals surface area contributed by atoms with Gasteiger partial charge >= 0.3 is 0 Å². The second-order valence-electron chi connectivity index (χ2n) is 4.72. The number of rotatable bonds is 6. The first-order chi connectivity index (χ1) is 8.47. The number of carbonyl (C=O) groups excluding carboxylic acids is 1. The highest BCUT2D eigenvalue weighted by Gasteiger charge is 2.24. The van der Waals surface area contributed by atoms with Gasteiger partial charge in [-0.05, 0) is 26.3 Å². The summed E-state index contributed by atoms with van der Waals surface area (Å²) in [5.41, 5.74) is 6.14. The predicted molar refractivity (Wildman–Crippen MR) is 72.2 cm³/mol. The fourth-order valence-electron chi connectivity index (χ4n) is 2.23. The van der Waals surface area contributed by atoms with Crippen LogP contribution in [0.1, 0.15) is 38.8 Å². The Morgan fingerprint density at radius 1 is 1.39 bits per heavy atom. The smallest absolute Gasteiger partial charge is 0.231 e. The Labute approximate surface area is 108 Å². The predicted octanol–water partition coefficient (Wildman–Crippen LogP) is 2.04. The van der Waals surface area contributed by atoms with Crippen molar-refractivity contribution < 1.29 is 9.90 Å². The molecule has 4 nitrogen and oxygen atoms in total. The van der Waals surface area contributed by atoms with Gasteiger partial charge in [0, 0.05) is 17.6 Å². The van der Waals surface area contributed by atoms with Gasteiger partial charge in [-0.2, -0.15) is 0 Å². The summed E-state index contributed by atoms with van der Waals surface area (Å²) >= 11 is 0. The van der Waals surface area contributed by atoms with Crippen LogP contribution in [0.3, 0.4) is 0 Å². The molecule has 1 unspecified atom stereocenters. The van der Waals surface area contributed by atoms with E-state index < -0.39 is 0 Å². The Hall–Kier alpha value is -1.55. The van der Waals surface area contributed by atoms with Gasteiger partial charge < -0.3 is 10.8 Å². The quantitative estimate of drug-likeness (QED) is 0.812. The summed E-state index contributed by atoms with van der Waals surface area (Å²) < 4.78 is 0. The van der Waals surface area contributed by atoms with E-state index in [1.54, 1.807) is 12.1 Å². The minimum atomic E-state index is -0.349. The molecule has 1 amide bonds. The Kier molecular flexibility index (Phi) is 5.16. The molecule has 0 bridgehead atoms. The summed E-state index contributed by atoms with van der Waals surface area (Å²) in [6.45, 7) is 6.27. The number of benzene rings is 1. The molecule has 1 rings (SSSR count). The lowest BCUT2D eigenvalue weighted by Gasteiger charge is -2.34. The monoisotopic (exact) mass is 250 g/mol. The number of carbonyl (C=O) groups is 1. The number of nitrogens with zero attached hydrogens (tertiary/aromatic N) is 1. The lowest BCUT2D eigenvalue weighted by atomic mass is 10.00. The molecule has 0 fully saturated rings. The van der Waals surface area contributed by atoms with Gasteiger partial charge in [-0.3, -0.25) is 9.69 Å². The fraction of sp³-hybridized carbons (Fsp3) is 0.500. The summed E-state index contributed by atoms with van der Waals surface area (Å²) in [6, 6.07) is 7.42. The van der Waals surface area contributed by atoms with E-state index in [-0.39, 0.29) is 30.3 Å². The van der Waals surface area contributed by atoms with Crippen molar-refractivity contribution in [1.29, 1.82) is 0 Å². The third-order valence-electron chi connectivity index (χ3n) is 3.08. The molecule has 0 aromatic heterocycles. The summed E-state index contributed by atoms with van der Waals surface area (Å²) in [5.74, 6) is -0.0861. The van der Waals surface area contributed by atoms with Crippen LogP contribution >= 0.6 is 0 Å². The summed E-state index contributed by atoms with van der Waals surface area (Å²) in [4.78, 5) is 13.2. The summed E-state index contributed by atoms with van der Waals surface area (Å²) in [7, 11) is 0. The van der Waals surface area contributed by atoms with E-state index in [9.17, 15) is 9.90 Å². The number of phenolic OH excluding ortho intramolecular Hbond substituents is 1. The average Bonchev–Trinajstić information content (AvgIpc) is 2.30. The maximum Gasteiger partial charge on any atom is 0.231 e. The van der Waals surface area contributed by atoms with E-state index in [0.29, 0.717) is 0 Å². The maximum absolute atomic E-state index is 11.2. The molecule has 1 atom stereocenters. The molecule has 4 heteroatoms. The first-order valence-electron chi connectivity index (χ1n) is 6.29. The molecule has 1 aromatic carbocycles. The van der Waals surface area contributed by atoms with Crippen molar-refractivity contribution >= 4 is 5.91 Å². The molecule has 1 aromatic rings. The van der Waals surface area contributed by atoms with Crippen LogP contribution in [0.2, 0.25) is 0 Å². The minimum absolute atomic E-state index is 0.00120. The molecule has 0 aliphatic carbocycles. The molecule has 0 saturated heterocycles. The van der Waals surface area contributed by atoms with Gasteiger partial charge in [-0.25, -0.2) is 0 Å². The fourth-order valence-corrected chi connectivity index (χ4v) is 2.23. The van der Waals surface area contributed by atoms with Crippen molar-refractivity contribution in [3.05, 3.63) is 29.8 Å². The molecular weight excluding hydrogens is 228 g/mol. The van der Waals surface area contributed by atoms with Gasteiger partial charge in [0.15, 0.2) is 0 Å². The number of primary amides is 1. The van der Waals surface area contributed by atoms with Crippen LogP contribution in [0.25, 0.3) is 0 Å². The molecule has 0 saturated carbocycles. The van der Waals surface area contributed by atoms with Gasteiger partial charge in [0.05, 0.1) is 6.54 Å². The SMILES string of the molecule is CCC(c1ccccc1O)N(CC(N)=O)C(C)C. The Morgan fingerprint density at radius 3 is 2.44 bits per heavy atom. The Morgan fingerprint density at radius 2 is 2.00 bits per heavy atom. The first-order valence-corrected chi connectivity index (χ1v) is 6.29. The minimum Gasteiger partial charge on any atom is -0.508 e. The first kappa shape index (κ1) is 14.5. The second kappa shape index (κ2) is 6.40. The zero-order valence-electron chi connectivity index (χ0n) is 11.3. The topological polar surface area (TPSA) is 66.6 Å². The van der Waals surface area contributed by atoms with Crippen molar-refractivity contribution in [2.75, 3.05) is 6.54 Å². The number of nitrogens with two attached hydrogens (primary N) is 1. The van der Waals surface area contributed by atoms with Crippen LogP contribution in [0.5, 0.6) is 5.75 Å². The number of hydrogen-bond acceptors (Lipinski definition) is 3. The third-order valence-corrected chi connectivity index (χ3v) is 3.08. The maximum atomic E-state index is 11.2. The highest BCUT2D eigenvalue weighted by molar-refractivity contribution is 5.76. The van der Waals surface area contributed by atoms with Crippen molar-refractivity contribution in [2.24, 2.45) is 5.73 Å². The number of aromatic hydroxyl groups is 1. The highest BCUT2D eigenvalue weighted by atomic mass is 16.3. The molecule has 0 aliphatic heterocycles. The van der Waals surface area contributed by atoms with Crippen molar-refractivity contribution in [2.45, 2.75) is 39.3 Å². The van der Waals surface area contributed by atoms with E-state index in [2.05, 4.69) is 0 Å². The largest absolute Gasteiger partial charge is 0.508 e. The van der Waals surface area contributed by atoms with E-state index in [4.69, 9.17) is 5.73 Å². The van der Waals surface area contributed by atoms with Crippen molar-refractivity contribution in [1.82, 2.24) is 4.90 Å². The average molecular weight is 250 g/mol. The number of hydrogen-bond donors (Lipinski definition) is 2. The van der Waals surface area contributed by atoms with Crippen LogP contribution in [0.4, 0.5) is 0 Å². The van der Waals surface area contributed by atoms with Gasteiger partial charge in [-0.15, -0.1) is 0 Å². The van der Waals surface area contributed by atoms with Gasteiger partial charge in [0.2, 0.25) is 5.91 Å². The lowest BCUT2D eigenvalue weighted by molar-refractivity contribution is -0.120. The van der Waals surface area contributed by atoms with Gasteiger partial charge in [0.1, 0.15) is 5.75 Å². The van der Waals surface area contributed by atoms with Crippen LogP contribution in [-0.4, -0.2) is 28.5 Å². The van der Waals surface area contributed by atoms with Crippen LogP contribution in [0, 0.1) is 0 Å². The molecule has 18 heavy (non-hydrogen) atoms. The molecule has 0 radical (unpaired) electrons. The van der Waals surface area contributed by atoms with Gasteiger partial charge in [0.25, 0.3) is 0 Å². The zero-order chi connectivity index (χ0) is 13.7. The van der Waals surface area contributed by atoms with E-state index >= 15 is 0 Å². The Bertz CT molecular complexity index is 405. The normalized spacial score (nSPS) is 12.9. The highest BCUT2D eigenvalue weighted by Crippen LogP contribution is 2.31. The number of para-hydroxylation sites is 1. The van der Waals surface area contributed by atoms with E-state index in [1.165, 1.54) is 0 Å². The van der Waals surface area contributed by atoms with Crippen LogP contribution in [-0.2, 0) is 4.79 Å². The van der Waals surface area contributed by atoms with Crippen molar-refractivity contribution in [3.63, 3.8) is 0 Å². The van der Waals surface area contributed by atoms with E-state index in [0.717, 1.165) is 12.0 Å². The van der Waals surface area contributed by atoms with Gasteiger partial charge in [-0.1, -0.05) is 25.1 Å². The standard InChI is InChI=1S/C14H22N2O2/c1-4-12(11-7-5-6-8-13(11)17)16(10(2)3)9-14(15)18/h5-8,10,12,17H,4,9H2,1-3H3,(H2,15,18). The van der Waals surface area contributed by atoms with Crippen LogP contribution < -0.4 is 5.73 Å². The molecule has 0 aliphatic rings. The summed E-state index contributed by atoms with van der Waals surface area (Å²) in [6.07, 6.45) is 0.809. The third kappa shape index (κ3) is 3.47.